The highest BCUT2D eigenvalue weighted by molar-refractivity contribution is 5.85. The highest BCUT2D eigenvalue weighted by atomic mass is 16.4. The zero-order valence-electron chi connectivity index (χ0n) is 10.1. The highest BCUT2D eigenvalue weighted by Gasteiger charge is 2.08. The van der Waals surface area contributed by atoms with Crippen LogP contribution in [-0.2, 0) is 6.54 Å². The van der Waals surface area contributed by atoms with E-state index >= 15 is 0 Å². The average molecular weight is 238 g/mol. The second kappa shape index (κ2) is 6.32. The quantitative estimate of drug-likeness (QED) is 0.689. The van der Waals surface area contributed by atoms with Gasteiger partial charge in [0.1, 0.15) is 5.69 Å². The summed E-state index contributed by atoms with van der Waals surface area (Å²) < 4.78 is 0. The maximum absolute atomic E-state index is 10.7. The zero-order valence-corrected chi connectivity index (χ0v) is 10.1. The van der Waals surface area contributed by atoms with E-state index in [1.165, 1.54) is 6.07 Å². The molecule has 3 N–H and O–H groups in total. The van der Waals surface area contributed by atoms with Crippen LogP contribution in [0.2, 0.25) is 0 Å². The summed E-state index contributed by atoms with van der Waals surface area (Å²) in [5.74, 6) is -1.02. The molecule has 1 aromatic rings. The van der Waals surface area contributed by atoms with Gasteiger partial charge in [0.05, 0.1) is 11.8 Å². The summed E-state index contributed by atoms with van der Waals surface area (Å²) in [4.78, 5) is 14.7. The van der Waals surface area contributed by atoms with Crippen molar-refractivity contribution < 1.29 is 15.0 Å². The maximum atomic E-state index is 10.7. The summed E-state index contributed by atoms with van der Waals surface area (Å²) in [6.45, 7) is 4.20. The van der Waals surface area contributed by atoms with Crippen LogP contribution < -0.4 is 5.32 Å². The number of pyridine rings is 1. The highest BCUT2D eigenvalue weighted by Crippen LogP contribution is 2.02. The van der Waals surface area contributed by atoms with Crippen LogP contribution in [-0.4, -0.2) is 33.3 Å². The molecule has 0 bridgehead atoms. The molecule has 2 unspecified atom stereocenters. The zero-order chi connectivity index (χ0) is 12.8. The summed E-state index contributed by atoms with van der Waals surface area (Å²) in [6.07, 6.45) is 0.300. The van der Waals surface area contributed by atoms with Crippen molar-refractivity contribution in [2.24, 2.45) is 0 Å². The number of aromatic nitrogens is 1. The van der Waals surface area contributed by atoms with E-state index in [4.69, 9.17) is 5.11 Å². The fraction of sp³-hybridized carbons (Fsp3) is 0.500. The van der Waals surface area contributed by atoms with Crippen molar-refractivity contribution in [2.45, 2.75) is 39.0 Å². The number of aliphatic hydroxyl groups excluding tert-OH is 1. The minimum atomic E-state index is -1.02. The van der Waals surface area contributed by atoms with E-state index in [1.807, 2.05) is 6.92 Å². The molecule has 5 nitrogen and oxygen atoms in total. The van der Waals surface area contributed by atoms with E-state index < -0.39 is 5.97 Å². The van der Waals surface area contributed by atoms with E-state index in [0.29, 0.717) is 18.7 Å². The number of carboxylic acids is 1. The Morgan fingerprint density at radius 3 is 2.76 bits per heavy atom. The molecule has 0 radical (unpaired) electrons. The predicted molar refractivity (Wildman–Crippen MR) is 63.8 cm³/mol. The van der Waals surface area contributed by atoms with Gasteiger partial charge in [0.25, 0.3) is 0 Å². The Bertz CT molecular complexity index is 380. The van der Waals surface area contributed by atoms with Crippen LogP contribution in [0.4, 0.5) is 0 Å². The SMILES string of the molecule is CC(O)CC(C)NCc1cccc(C(=O)O)n1. The van der Waals surface area contributed by atoms with Gasteiger partial charge >= 0.3 is 5.97 Å². The Kier molecular flexibility index (Phi) is 5.06. The van der Waals surface area contributed by atoms with Crippen molar-refractivity contribution in [1.82, 2.24) is 10.3 Å². The first-order chi connectivity index (χ1) is 7.99. The molecule has 0 saturated heterocycles. The molecular weight excluding hydrogens is 220 g/mol. The molecule has 5 heteroatoms. The summed E-state index contributed by atoms with van der Waals surface area (Å²) >= 11 is 0. The van der Waals surface area contributed by atoms with Crippen LogP contribution in [0.5, 0.6) is 0 Å². The number of hydrogen-bond donors (Lipinski definition) is 3. The first kappa shape index (κ1) is 13.6. The number of carbonyl (C=O) groups is 1. The molecule has 0 saturated carbocycles. The van der Waals surface area contributed by atoms with E-state index in [0.717, 1.165) is 0 Å². The number of hydrogen-bond acceptors (Lipinski definition) is 4. The van der Waals surface area contributed by atoms with Crippen molar-refractivity contribution in [2.75, 3.05) is 0 Å². The van der Waals surface area contributed by atoms with E-state index in [9.17, 15) is 9.90 Å². The molecule has 0 aliphatic rings. The lowest BCUT2D eigenvalue weighted by atomic mass is 10.1. The van der Waals surface area contributed by atoms with Crippen LogP contribution in [0.25, 0.3) is 0 Å². The lowest BCUT2D eigenvalue weighted by Crippen LogP contribution is -2.29. The summed E-state index contributed by atoms with van der Waals surface area (Å²) in [7, 11) is 0. The van der Waals surface area contributed by atoms with E-state index in [-0.39, 0.29) is 17.8 Å². The van der Waals surface area contributed by atoms with Crippen LogP contribution in [0.1, 0.15) is 36.5 Å². The summed E-state index contributed by atoms with van der Waals surface area (Å²) in [5, 5.41) is 21.2. The van der Waals surface area contributed by atoms with Gasteiger partial charge in [0.15, 0.2) is 0 Å². The van der Waals surface area contributed by atoms with Gasteiger partial charge in [0, 0.05) is 12.6 Å². The number of carboxylic acid groups (broad SMARTS) is 1. The number of nitrogens with zero attached hydrogens (tertiary/aromatic N) is 1. The van der Waals surface area contributed by atoms with Crippen molar-refractivity contribution >= 4 is 5.97 Å². The molecule has 0 amide bonds. The molecule has 1 rings (SSSR count). The fourth-order valence-corrected chi connectivity index (χ4v) is 1.57. The average Bonchev–Trinajstić information content (AvgIpc) is 2.26. The van der Waals surface area contributed by atoms with Gasteiger partial charge in [0.2, 0.25) is 0 Å². The van der Waals surface area contributed by atoms with Crippen molar-refractivity contribution in [3.63, 3.8) is 0 Å². The number of rotatable bonds is 6. The van der Waals surface area contributed by atoms with Crippen molar-refractivity contribution in [1.29, 1.82) is 0 Å². The van der Waals surface area contributed by atoms with Gasteiger partial charge in [-0.05, 0) is 32.4 Å². The van der Waals surface area contributed by atoms with Crippen LogP contribution in [0.3, 0.4) is 0 Å². The van der Waals surface area contributed by atoms with Gasteiger partial charge < -0.3 is 15.5 Å². The molecule has 0 fully saturated rings. The van der Waals surface area contributed by atoms with Gasteiger partial charge in [-0.1, -0.05) is 6.07 Å². The smallest absolute Gasteiger partial charge is 0.354 e. The fourth-order valence-electron chi connectivity index (χ4n) is 1.57. The first-order valence-corrected chi connectivity index (χ1v) is 5.59. The monoisotopic (exact) mass is 238 g/mol. The Morgan fingerprint density at radius 1 is 1.47 bits per heavy atom. The van der Waals surface area contributed by atoms with Gasteiger partial charge in [-0.2, -0.15) is 0 Å². The molecule has 1 heterocycles. The molecule has 0 aromatic carbocycles. The molecule has 0 spiro atoms. The van der Waals surface area contributed by atoms with E-state index in [2.05, 4.69) is 10.3 Å². The largest absolute Gasteiger partial charge is 0.477 e. The molecule has 1 aromatic heterocycles. The number of nitrogens with one attached hydrogen (secondary N) is 1. The third-order valence-electron chi connectivity index (χ3n) is 2.35. The van der Waals surface area contributed by atoms with E-state index in [1.54, 1.807) is 19.1 Å². The Balaban J connectivity index is 2.51. The predicted octanol–water partition coefficient (Wildman–Crippen LogP) is 1.03. The third kappa shape index (κ3) is 4.93. The second-order valence-corrected chi connectivity index (χ2v) is 4.19. The molecule has 0 aliphatic carbocycles. The molecule has 2 atom stereocenters. The molecular formula is C12H18N2O3. The lowest BCUT2D eigenvalue weighted by Gasteiger charge is -2.15. The number of aromatic carboxylic acids is 1. The Hall–Kier alpha value is -1.46. The Morgan fingerprint density at radius 2 is 2.18 bits per heavy atom. The summed E-state index contributed by atoms with van der Waals surface area (Å²) in [5.41, 5.74) is 0.731. The lowest BCUT2D eigenvalue weighted by molar-refractivity contribution is 0.0690. The molecule has 94 valence electrons. The molecule has 17 heavy (non-hydrogen) atoms. The third-order valence-corrected chi connectivity index (χ3v) is 2.35. The van der Waals surface area contributed by atoms with Gasteiger partial charge in [-0.3, -0.25) is 0 Å². The molecule has 0 aliphatic heterocycles. The van der Waals surface area contributed by atoms with Crippen LogP contribution in [0.15, 0.2) is 18.2 Å². The standard InChI is InChI=1S/C12H18N2O3/c1-8(6-9(2)15)13-7-10-4-3-5-11(14-10)12(16)17/h3-5,8-9,13,15H,6-7H2,1-2H3,(H,16,17). The second-order valence-electron chi connectivity index (χ2n) is 4.19. The van der Waals surface area contributed by atoms with Crippen molar-refractivity contribution in [3.05, 3.63) is 29.6 Å². The maximum Gasteiger partial charge on any atom is 0.354 e. The van der Waals surface area contributed by atoms with Crippen molar-refractivity contribution in [3.8, 4) is 0 Å². The van der Waals surface area contributed by atoms with Crippen LogP contribution in [0, 0.1) is 0 Å². The first-order valence-electron chi connectivity index (χ1n) is 5.59. The topological polar surface area (TPSA) is 82.5 Å². The Labute approximate surface area is 101 Å². The van der Waals surface area contributed by atoms with Crippen LogP contribution >= 0.6 is 0 Å². The summed E-state index contributed by atoms with van der Waals surface area (Å²) in [6, 6.07) is 5.07. The minimum Gasteiger partial charge on any atom is -0.477 e. The van der Waals surface area contributed by atoms with Gasteiger partial charge in [-0.15, -0.1) is 0 Å². The number of aliphatic hydroxyl groups is 1. The minimum absolute atomic E-state index is 0.0486. The normalized spacial score (nSPS) is 14.3. The van der Waals surface area contributed by atoms with Gasteiger partial charge in [-0.25, -0.2) is 9.78 Å².